The van der Waals surface area contributed by atoms with E-state index < -0.39 is 0 Å². The maximum absolute atomic E-state index is 12.5. The number of halogens is 1. The molecule has 28 heavy (non-hydrogen) atoms. The van der Waals surface area contributed by atoms with Crippen molar-refractivity contribution in [3.05, 3.63) is 65.7 Å². The first-order valence-corrected chi connectivity index (χ1v) is 9.27. The second-order valence-corrected chi connectivity index (χ2v) is 7.15. The van der Waals surface area contributed by atoms with Crippen LogP contribution in [0.4, 0.5) is 5.69 Å². The highest BCUT2D eigenvalue weighted by atomic mass is 35.5. The lowest BCUT2D eigenvalue weighted by atomic mass is 9.94. The molecule has 5 nitrogen and oxygen atoms in total. The zero-order chi connectivity index (χ0) is 20.0. The molecule has 0 aromatic heterocycles. The van der Waals surface area contributed by atoms with Crippen LogP contribution in [0.25, 0.3) is 0 Å². The van der Waals surface area contributed by atoms with E-state index in [0.29, 0.717) is 6.54 Å². The first-order chi connectivity index (χ1) is 12.8. The van der Waals surface area contributed by atoms with Gasteiger partial charge in [-0.05, 0) is 37.1 Å². The second-order valence-electron chi connectivity index (χ2n) is 7.15. The van der Waals surface area contributed by atoms with E-state index in [4.69, 9.17) is 5.73 Å². The molecule has 0 bridgehead atoms. The van der Waals surface area contributed by atoms with Crippen molar-refractivity contribution in [3.8, 4) is 0 Å². The Labute approximate surface area is 173 Å². The molecule has 0 aliphatic carbocycles. The zero-order valence-electron chi connectivity index (χ0n) is 16.9. The van der Waals surface area contributed by atoms with Gasteiger partial charge >= 0.3 is 0 Å². The van der Waals surface area contributed by atoms with Crippen molar-refractivity contribution in [1.82, 2.24) is 4.90 Å². The van der Waals surface area contributed by atoms with E-state index in [0.717, 1.165) is 16.8 Å². The van der Waals surface area contributed by atoms with E-state index in [1.54, 1.807) is 11.8 Å². The molecule has 0 heterocycles. The topological polar surface area (TPSA) is 75.4 Å². The molecule has 0 spiro atoms. The van der Waals surface area contributed by atoms with E-state index in [2.05, 4.69) is 5.32 Å². The van der Waals surface area contributed by atoms with Crippen molar-refractivity contribution in [2.75, 3.05) is 5.32 Å². The molecule has 2 atom stereocenters. The number of carbonyl (C=O) groups is 2. The molecule has 3 N–H and O–H groups in total. The van der Waals surface area contributed by atoms with Gasteiger partial charge in [0.2, 0.25) is 11.8 Å². The van der Waals surface area contributed by atoms with Crippen molar-refractivity contribution < 1.29 is 9.59 Å². The number of carbonyl (C=O) groups excluding carboxylic acids is 2. The molecular formula is C22H30ClN3O2. The van der Waals surface area contributed by atoms with Gasteiger partial charge in [0.25, 0.3) is 0 Å². The smallest absolute Gasteiger partial charge is 0.229 e. The summed E-state index contributed by atoms with van der Waals surface area (Å²) in [6.07, 6.45) is 0. The number of nitrogens with one attached hydrogen (secondary N) is 1. The summed E-state index contributed by atoms with van der Waals surface area (Å²) in [7, 11) is 0. The summed E-state index contributed by atoms with van der Waals surface area (Å²) in [4.78, 5) is 26.0. The summed E-state index contributed by atoms with van der Waals surface area (Å²) < 4.78 is 0. The van der Waals surface area contributed by atoms with E-state index in [9.17, 15) is 9.59 Å². The number of nitrogens with zero attached hydrogens (tertiary/aromatic N) is 1. The summed E-state index contributed by atoms with van der Waals surface area (Å²) in [5, 5.41) is 2.92. The third-order valence-electron chi connectivity index (χ3n) is 4.74. The standard InChI is InChI=1S/C22H29N3O2.ClH/c1-15(2)25(17(4)26)14-18-10-12-20(13-11-18)24-22(27)16(3)21(23)19-8-6-5-7-9-19;/h5-13,15-16,21H,14,23H2,1-4H3,(H,24,27);1H. The van der Waals surface area contributed by atoms with Crippen LogP contribution in [-0.2, 0) is 16.1 Å². The Kier molecular flexibility index (Phi) is 9.16. The lowest BCUT2D eigenvalue weighted by Gasteiger charge is -2.25. The first kappa shape index (κ1) is 23.7. The molecule has 0 radical (unpaired) electrons. The van der Waals surface area contributed by atoms with E-state index in [-0.39, 0.29) is 42.2 Å². The van der Waals surface area contributed by atoms with Crippen molar-refractivity contribution in [2.45, 2.75) is 46.3 Å². The average Bonchev–Trinajstić information content (AvgIpc) is 2.66. The Bertz CT molecular complexity index is 763. The van der Waals surface area contributed by atoms with Crippen LogP contribution in [0.3, 0.4) is 0 Å². The van der Waals surface area contributed by atoms with Crippen LogP contribution in [0.2, 0.25) is 0 Å². The van der Waals surface area contributed by atoms with E-state index in [1.165, 1.54) is 0 Å². The lowest BCUT2D eigenvalue weighted by Crippen LogP contribution is -2.34. The minimum Gasteiger partial charge on any atom is -0.336 e. The quantitative estimate of drug-likeness (QED) is 0.729. The average molecular weight is 404 g/mol. The molecule has 2 aromatic carbocycles. The van der Waals surface area contributed by atoms with Gasteiger partial charge in [-0.1, -0.05) is 49.4 Å². The van der Waals surface area contributed by atoms with Crippen LogP contribution < -0.4 is 11.1 Å². The Morgan fingerprint density at radius 2 is 1.57 bits per heavy atom. The van der Waals surface area contributed by atoms with Gasteiger partial charge in [0.05, 0.1) is 5.92 Å². The summed E-state index contributed by atoms with van der Waals surface area (Å²) in [6, 6.07) is 17.0. The fourth-order valence-electron chi connectivity index (χ4n) is 2.93. The predicted molar refractivity (Wildman–Crippen MR) is 116 cm³/mol. The van der Waals surface area contributed by atoms with Gasteiger partial charge in [-0.2, -0.15) is 0 Å². The van der Waals surface area contributed by atoms with Gasteiger partial charge in [-0.25, -0.2) is 0 Å². The number of amides is 2. The van der Waals surface area contributed by atoms with Gasteiger partial charge in [0.1, 0.15) is 0 Å². The van der Waals surface area contributed by atoms with Gasteiger partial charge in [0.15, 0.2) is 0 Å². The number of nitrogens with two attached hydrogens (primary N) is 1. The van der Waals surface area contributed by atoms with Crippen LogP contribution >= 0.6 is 12.4 Å². The molecule has 0 aliphatic rings. The Balaban J connectivity index is 0.00000392. The monoisotopic (exact) mass is 403 g/mol. The molecule has 2 aromatic rings. The predicted octanol–water partition coefficient (Wildman–Crippen LogP) is 4.14. The highest BCUT2D eigenvalue weighted by molar-refractivity contribution is 5.92. The third-order valence-corrected chi connectivity index (χ3v) is 4.74. The molecule has 2 unspecified atom stereocenters. The number of benzene rings is 2. The fraction of sp³-hybridized carbons (Fsp3) is 0.364. The molecule has 0 saturated heterocycles. The van der Waals surface area contributed by atoms with Gasteiger partial charge in [-0.3, -0.25) is 9.59 Å². The summed E-state index contributed by atoms with van der Waals surface area (Å²) in [5.74, 6) is -0.432. The van der Waals surface area contributed by atoms with Gasteiger partial charge in [0, 0.05) is 31.2 Å². The minimum absolute atomic E-state index is 0. The molecule has 0 saturated carbocycles. The number of hydrogen-bond donors (Lipinski definition) is 2. The SMILES string of the molecule is CC(=O)N(Cc1ccc(NC(=O)C(C)C(N)c2ccccc2)cc1)C(C)C.Cl. The van der Waals surface area contributed by atoms with Crippen LogP contribution in [0.5, 0.6) is 0 Å². The summed E-state index contributed by atoms with van der Waals surface area (Å²) >= 11 is 0. The Morgan fingerprint density at radius 3 is 2.07 bits per heavy atom. The molecular weight excluding hydrogens is 374 g/mol. The number of anilines is 1. The van der Waals surface area contributed by atoms with Crippen LogP contribution in [0.15, 0.2) is 54.6 Å². The largest absolute Gasteiger partial charge is 0.336 e. The maximum Gasteiger partial charge on any atom is 0.229 e. The van der Waals surface area contributed by atoms with Gasteiger partial charge in [-0.15, -0.1) is 12.4 Å². The van der Waals surface area contributed by atoms with E-state index >= 15 is 0 Å². The molecule has 0 fully saturated rings. The number of rotatable bonds is 7. The number of hydrogen-bond acceptors (Lipinski definition) is 3. The van der Waals surface area contributed by atoms with Crippen molar-refractivity contribution in [2.24, 2.45) is 11.7 Å². The molecule has 2 amide bonds. The normalized spacial score (nSPS) is 12.6. The molecule has 152 valence electrons. The Morgan fingerprint density at radius 1 is 1.00 bits per heavy atom. The van der Waals surface area contributed by atoms with E-state index in [1.807, 2.05) is 75.4 Å². The highest BCUT2D eigenvalue weighted by Gasteiger charge is 2.22. The van der Waals surface area contributed by atoms with Crippen LogP contribution in [0, 0.1) is 5.92 Å². The first-order valence-electron chi connectivity index (χ1n) is 9.27. The van der Waals surface area contributed by atoms with Crippen molar-refractivity contribution >= 4 is 29.9 Å². The van der Waals surface area contributed by atoms with Crippen LogP contribution in [-0.4, -0.2) is 22.8 Å². The maximum atomic E-state index is 12.5. The lowest BCUT2D eigenvalue weighted by molar-refractivity contribution is -0.131. The molecule has 0 aliphatic heterocycles. The second kappa shape index (κ2) is 10.8. The fourth-order valence-corrected chi connectivity index (χ4v) is 2.93. The molecule has 6 heteroatoms. The summed E-state index contributed by atoms with van der Waals surface area (Å²) in [5.41, 5.74) is 8.91. The minimum atomic E-state index is -0.361. The Hall–Kier alpha value is -2.37. The third kappa shape index (κ3) is 6.36. The van der Waals surface area contributed by atoms with Crippen LogP contribution in [0.1, 0.15) is 44.9 Å². The zero-order valence-corrected chi connectivity index (χ0v) is 17.7. The van der Waals surface area contributed by atoms with Crippen molar-refractivity contribution in [1.29, 1.82) is 0 Å². The van der Waals surface area contributed by atoms with Crippen molar-refractivity contribution in [3.63, 3.8) is 0 Å². The highest BCUT2D eigenvalue weighted by Crippen LogP contribution is 2.21. The summed E-state index contributed by atoms with van der Waals surface area (Å²) in [6.45, 7) is 7.94. The van der Waals surface area contributed by atoms with Gasteiger partial charge < -0.3 is 16.0 Å². The molecule has 2 rings (SSSR count).